The summed E-state index contributed by atoms with van der Waals surface area (Å²) in [7, 11) is 1.71. The van der Waals surface area contributed by atoms with E-state index in [0.717, 1.165) is 53.8 Å². The lowest BCUT2D eigenvalue weighted by atomic mass is 9.95. The molecule has 3 heterocycles. The van der Waals surface area contributed by atoms with Crippen LogP contribution in [0.5, 0.6) is 0 Å². The second-order valence-electron chi connectivity index (χ2n) is 13.1. The van der Waals surface area contributed by atoms with Crippen LogP contribution in [0.4, 0.5) is 9.59 Å². The predicted molar refractivity (Wildman–Crippen MR) is 180 cm³/mol. The third-order valence-corrected chi connectivity index (χ3v) is 8.38. The zero-order valence-electron chi connectivity index (χ0n) is 27.6. The summed E-state index contributed by atoms with van der Waals surface area (Å²) in [5.74, 6) is 1.06. The summed E-state index contributed by atoms with van der Waals surface area (Å²) in [4.78, 5) is 45.2. The van der Waals surface area contributed by atoms with Gasteiger partial charge in [0.1, 0.15) is 11.4 Å². The van der Waals surface area contributed by atoms with Crippen molar-refractivity contribution in [1.82, 2.24) is 24.3 Å². The van der Waals surface area contributed by atoms with Crippen molar-refractivity contribution >= 4 is 29.1 Å². The Labute approximate surface area is 275 Å². The van der Waals surface area contributed by atoms with Crippen molar-refractivity contribution in [3.8, 4) is 11.3 Å². The number of ether oxygens (including phenoxy) is 2. The van der Waals surface area contributed by atoms with Gasteiger partial charge in [-0.05, 0) is 81.8 Å². The number of likely N-dealkylation sites (tertiary alicyclic amines) is 1. The monoisotopic (exact) mass is 643 g/mol. The first-order chi connectivity index (χ1) is 22.5. The fraction of sp³-hybridized carbons (Fsp3) is 0.444. The van der Waals surface area contributed by atoms with E-state index in [1.165, 1.54) is 10.8 Å². The van der Waals surface area contributed by atoms with Crippen molar-refractivity contribution in [2.75, 3.05) is 26.8 Å². The van der Waals surface area contributed by atoms with Gasteiger partial charge >= 0.3 is 12.2 Å². The van der Waals surface area contributed by atoms with Crippen LogP contribution in [0, 0.1) is 0 Å². The van der Waals surface area contributed by atoms with Crippen LogP contribution in [0.1, 0.15) is 63.8 Å². The third-order valence-electron chi connectivity index (χ3n) is 8.38. The molecule has 2 aromatic carbocycles. The number of imidazole rings is 1. The Morgan fingerprint density at radius 3 is 2.55 bits per heavy atom. The second-order valence-corrected chi connectivity index (χ2v) is 13.1. The number of piperidine rings is 1. The molecule has 2 amide bonds. The van der Waals surface area contributed by atoms with E-state index in [4.69, 9.17) is 14.5 Å². The minimum Gasteiger partial charge on any atom is -0.464 e. The molecule has 0 radical (unpaired) electrons. The zero-order valence-corrected chi connectivity index (χ0v) is 27.6. The highest BCUT2D eigenvalue weighted by atomic mass is 16.6. The molecule has 5 rings (SSSR count). The number of carbonyl (C=O) groups excluding carboxylic acids is 2. The number of rotatable bonds is 11. The Hall–Kier alpha value is -4.64. The summed E-state index contributed by atoms with van der Waals surface area (Å²) in [6.45, 7) is 8.06. The Kier molecular flexibility index (Phi) is 10.7. The number of hydrogen-bond acceptors (Lipinski definition) is 6. The minimum atomic E-state index is -1.06. The number of aromatic nitrogens is 3. The van der Waals surface area contributed by atoms with Crippen LogP contribution in [0.15, 0.2) is 66.9 Å². The molecule has 11 nitrogen and oxygen atoms in total. The summed E-state index contributed by atoms with van der Waals surface area (Å²) < 4.78 is 14.3. The second kappa shape index (κ2) is 14.8. The summed E-state index contributed by atoms with van der Waals surface area (Å²) >= 11 is 0. The van der Waals surface area contributed by atoms with Gasteiger partial charge < -0.3 is 29.4 Å². The van der Waals surface area contributed by atoms with E-state index in [1.807, 2.05) is 47.4 Å². The number of nitrogens with one attached hydrogen (secondary N) is 1. The molecular weight excluding hydrogens is 598 g/mol. The minimum absolute atomic E-state index is 0.0336. The van der Waals surface area contributed by atoms with Crippen molar-refractivity contribution in [1.29, 1.82) is 0 Å². The molecule has 1 fully saturated rings. The van der Waals surface area contributed by atoms with Crippen molar-refractivity contribution < 1.29 is 29.0 Å². The molecule has 2 N–H and O–H groups in total. The lowest BCUT2D eigenvalue weighted by molar-refractivity contribution is -0.133. The maximum atomic E-state index is 13.9. The molecule has 2 atom stereocenters. The van der Waals surface area contributed by atoms with E-state index in [-0.39, 0.29) is 18.2 Å². The van der Waals surface area contributed by atoms with Crippen LogP contribution < -0.4 is 5.32 Å². The maximum Gasteiger partial charge on any atom is 0.415 e. The maximum absolute atomic E-state index is 13.9. The number of benzene rings is 2. The van der Waals surface area contributed by atoms with E-state index in [1.54, 1.807) is 40.0 Å². The quantitative estimate of drug-likeness (QED) is 0.184. The molecule has 0 saturated carbocycles. The van der Waals surface area contributed by atoms with Gasteiger partial charge in [0, 0.05) is 57.9 Å². The Balaban J connectivity index is 1.31. The molecular formula is C36H45N5O6. The molecule has 4 aromatic rings. The standard InChI is InChI=1S/C36H45N5O6/c1-36(2,3)47-34(43)37-28(22-25-14-16-26(17-15-25)30-13-8-19-41(30)35(44)45)23-32(42)39-18-7-10-27(24-39)33-38-29-11-5-6-12-31(29)40(33)20-9-21-46-4/h5-6,8,11-17,19,27-28H,7,9-10,18,20-24H2,1-4H3,(H,37,43)(H,44,45)/t27-,28-/m1/s1. The highest BCUT2D eigenvalue weighted by Crippen LogP contribution is 2.30. The van der Waals surface area contributed by atoms with Crippen LogP contribution in [-0.4, -0.2) is 80.7 Å². The number of fused-ring (bicyclic) bond motifs is 1. The number of amides is 2. The predicted octanol–water partition coefficient (Wildman–Crippen LogP) is 6.30. The largest absolute Gasteiger partial charge is 0.464 e. The summed E-state index contributed by atoms with van der Waals surface area (Å²) in [6, 6.07) is 18.6. The highest BCUT2D eigenvalue weighted by molar-refractivity contribution is 5.79. The molecule has 0 aliphatic carbocycles. The number of para-hydroxylation sites is 2. The van der Waals surface area contributed by atoms with Gasteiger partial charge in [0.05, 0.1) is 16.7 Å². The van der Waals surface area contributed by atoms with Gasteiger partial charge in [0.2, 0.25) is 5.91 Å². The number of aryl methyl sites for hydroxylation is 1. The van der Waals surface area contributed by atoms with E-state index < -0.39 is 23.8 Å². The number of carbonyl (C=O) groups is 3. The topological polar surface area (TPSA) is 128 Å². The van der Waals surface area contributed by atoms with Gasteiger partial charge in [-0.3, -0.25) is 9.36 Å². The molecule has 11 heteroatoms. The fourth-order valence-corrected chi connectivity index (χ4v) is 6.29. The normalized spacial score (nSPS) is 15.8. The van der Waals surface area contributed by atoms with Crippen LogP contribution in [0.2, 0.25) is 0 Å². The van der Waals surface area contributed by atoms with Gasteiger partial charge in [-0.15, -0.1) is 0 Å². The van der Waals surface area contributed by atoms with Crippen molar-refractivity contribution in [2.24, 2.45) is 0 Å². The fourth-order valence-electron chi connectivity index (χ4n) is 6.29. The number of carboxylic acid groups (broad SMARTS) is 1. The first kappa shape index (κ1) is 33.7. The molecule has 1 aliphatic rings. The summed E-state index contributed by atoms with van der Waals surface area (Å²) in [6.07, 6.45) is 3.04. The molecule has 2 aromatic heterocycles. The summed E-state index contributed by atoms with van der Waals surface area (Å²) in [5, 5.41) is 12.4. The van der Waals surface area contributed by atoms with Gasteiger partial charge in [0.25, 0.3) is 0 Å². The lowest BCUT2D eigenvalue weighted by Crippen LogP contribution is -2.46. The zero-order chi connectivity index (χ0) is 33.6. The number of hydrogen-bond donors (Lipinski definition) is 2. The number of alkyl carbamates (subject to hydrolysis) is 1. The van der Waals surface area contributed by atoms with Crippen LogP contribution in [-0.2, 0) is 27.2 Å². The highest BCUT2D eigenvalue weighted by Gasteiger charge is 2.30. The van der Waals surface area contributed by atoms with E-state index >= 15 is 0 Å². The van der Waals surface area contributed by atoms with E-state index in [2.05, 4.69) is 16.0 Å². The van der Waals surface area contributed by atoms with Crippen molar-refractivity contribution in [3.63, 3.8) is 0 Å². The summed E-state index contributed by atoms with van der Waals surface area (Å²) in [5.41, 5.74) is 3.57. The van der Waals surface area contributed by atoms with Gasteiger partial charge in [0.15, 0.2) is 0 Å². The molecule has 1 saturated heterocycles. The third kappa shape index (κ3) is 8.59. The molecule has 0 unspecified atom stereocenters. The molecule has 250 valence electrons. The van der Waals surface area contributed by atoms with Crippen molar-refractivity contribution in [2.45, 2.75) is 77.0 Å². The van der Waals surface area contributed by atoms with Gasteiger partial charge in [-0.1, -0.05) is 36.4 Å². The Morgan fingerprint density at radius 1 is 1.06 bits per heavy atom. The molecule has 47 heavy (non-hydrogen) atoms. The van der Waals surface area contributed by atoms with Crippen LogP contribution >= 0.6 is 0 Å². The average Bonchev–Trinajstić information content (AvgIpc) is 3.67. The van der Waals surface area contributed by atoms with Gasteiger partial charge in [-0.25, -0.2) is 14.6 Å². The lowest BCUT2D eigenvalue weighted by Gasteiger charge is -2.34. The Morgan fingerprint density at radius 2 is 1.83 bits per heavy atom. The molecule has 0 bridgehead atoms. The van der Waals surface area contributed by atoms with E-state index in [0.29, 0.717) is 31.8 Å². The molecule has 1 aliphatic heterocycles. The average molecular weight is 644 g/mol. The van der Waals surface area contributed by atoms with Crippen LogP contribution in [0.25, 0.3) is 22.3 Å². The van der Waals surface area contributed by atoms with Crippen LogP contribution in [0.3, 0.4) is 0 Å². The smallest absolute Gasteiger partial charge is 0.415 e. The first-order valence-corrected chi connectivity index (χ1v) is 16.2. The van der Waals surface area contributed by atoms with Crippen molar-refractivity contribution in [3.05, 3.63) is 78.2 Å². The van der Waals surface area contributed by atoms with Gasteiger partial charge in [-0.2, -0.15) is 0 Å². The van der Waals surface area contributed by atoms with E-state index in [9.17, 15) is 19.5 Å². The number of nitrogens with zero attached hydrogens (tertiary/aromatic N) is 4. The number of methoxy groups -OCH3 is 1. The Bertz CT molecular complexity index is 1690. The SMILES string of the molecule is COCCCn1c([C@@H]2CCCN(C(=O)C[C@@H](Cc3ccc(-c4cccn4C(=O)O)cc3)NC(=O)OC(C)(C)C)C2)nc2ccccc21. The molecule has 0 spiro atoms. The first-order valence-electron chi connectivity index (χ1n) is 16.2.